The first-order valence-electron chi connectivity index (χ1n) is 10.7. The second kappa shape index (κ2) is 17.1. The summed E-state index contributed by atoms with van der Waals surface area (Å²) in [6, 6.07) is 0. The van der Waals surface area contributed by atoms with Gasteiger partial charge in [-0.3, -0.25) is 0 Å². The molecule has 4 rings (SSSR count). The summed E-state index contributed by atoms with van der Waals surface area (Å²) in [6.45, 7) is 0. The van der Waals surface area contributed by atoms with Crippen LogP contribution in [-0.2, 0) is 0 Å². The molecular weight excluding hydrogens is 625 g/mol. The highest BCUT2D eigenvalue weighted by Crippen LogP contribution is 2.66. The van der Waals surface area contributed by atoms with Crippen LogP contribution >= 0.6 is 141 Å². The molecule has 0 saturated carbocycles. The number of thioether (sulfide) groups is 12. The van der Waals surface area contributed by atoms with Crippen LogP contribution in [0.5, 0.6) is 0 Å². The average molecular weight is 653 g/mol. The van der Waals surface area contributed by atoms with E-state index in [4.69, 9.17) is 0 Å². The predicted octanol–water partition coefficient (Wildman–Crippen LogP) is 10.00. The molecule has 0 amide bonds. The van der Waals surface area contributed by atoms with E-state index in [2.05, 4.69) is 141 Å². The second-order valence-electron chi connectivity index (χ2n) is 6.68. The second-order valence-corrected chi connectivity index (χ2v) is 21.6. The summed E-state index contributed by atoms with van der Waals surface area (Å²) in [6.07, 6.45) is 2.74. The molecule has 4 aliphatic rings. The summed E-state index contributed by atoms with van der Waals surface area (Å²) in [5.41, 5.74) is 0. The zero-order valence-electron chi connectivity index (χ0n) is 17.8. The summed E-state index contributed by atoms with van der Waals surface area (Å²) < 4.78 is 9.43. The van der Waals surface area contributed by atoms with Crippen molar-refractivity contribution < 1.29 is 0 Å². The molecule has 0 bridgehead atoms. The molecule has 0 aliphatic carbocycles. The van der Waals surface area contributed by atoms with Gasteiger partial charge in [0.25, 0.3) is 0 Å². The zero-order valence-corrected chi connectivity index (χ0v) is 27.6. The summed E-state index contributed by atoms with van der Waals surface area (Å²) in [5, 5.41) is 0. The van der Waals surface area contributed by atoms with Crippen molar-refractivity contribution in [2.75, 3.05) is 69.0 Å². The van der Waals surface area contributed by atoms with Crippen molar-refractivity contribution in [2.45, 2.75) is 12.8 Å². The van der Waals surface area contributed by atoms with E-state index < -0.39 is 0 Å². The molecule has 0 saturated heterocycles. The molecule has 0 nitrogen and oxygen atoms in total. The quantitative estimate of drug-likeness (QED) is 0.244. The Bertz CT molecular complexity index is 591. The Labute approximate surface area is 245 Å². The van der Waals surface area contributed by atoms with Crippen molar-refractivity contribution in [3.8, 4) is 0 Å². The van der Waals surface area contributed by atoms with E-state index in [0.717, 1.165) is 0 Å². The lowest BCUT2D eigenvalue weighted by Crippen LogP contribution is -1.90. The Morgan fingerprint density at radius 1 is 0.281 bits per heavy atom. The van der Waals surface area contributed by atoms with Crippen molar-refractivity contribution in [3.63, 3.8) is 0 Å². The van der Waals surface area contributed by atoms with Crippen LogP contribution in [0.2, 0.25) is 0 Å². The first-order valence-corrected chi connectivity index (χ1v) is 22.5. The molecule has 180 valence electrons. The third-order valence-corrected chi connectivity index (χ3v) is 21.1. The van der Waals surface area contributed by atoms with Gasteiger partial charge in [0.05, 0.1) is 25.4 Å². The van der Waals surface area contributed by atoms with E-state index in [1.54, 1.807) is 25.4 Å². The Kier molecular flexibility index (Phi) is 15.2. The maximum atomic E-state index is 2.14. The summed E-state index contributed by atoms with van der Waals surface area (Å²) >= 11 is 25.3. The van der Waals surface area contributed by atoms with E-state index in [1.165, 1.54) is 81.9 Å². The van der Waals surface area contributed by atoms with Crippen LogP contribution < -0.4 is 0 Å². The van der Waals surface area contributed by atoms with Crippen LogP contribution in [0.1, 0.15) is 12.8 Å². The normalized spacial score (nSPS) is 26.2. The van der Waals surface area contributed by atoms with Gasteiger partial charge >= 0.3 is 0 Å². The Hall–Kier alpha value is 3.42. The van der Waals surface area contributed by atoms with Crippen molar-refractivity contribution in [1.82, 2.24) is 0 Å². The highest BCUT2D eigenvalue weighted by Gasteiger charge is 2.30. The first-order chi connectivity index (χ1) is 15.9. The summed E-state index contributed by atoms with van der Waals surface area (Å²) in [7, 11) is 0. The first kappa shape index (κ1) is 28.4. The average Bonchev–Trinajstić information content (AvgIpc) is 3.39. The minimum Gasteiger partial charge on any atom is -0.161 e. The third kappa shape index (κ3) is 9.95. The Morgan fingerprint density at radius 3 is 0.844 bits per heavy atom. The van der Waals surface area contributed by atoms with Gasteiger partial charge in [0.1, 0.15) is 0 Å². The SMILES string of the molecule is C1CSCCSC2=C(SCCSC1)SC(=C1SC3=C(SCCSCCCSCCS3)S1)S2. The van der Waals surface area contributed by atoms with Gasteiger partial charge in [-0.1, -0.05) is 47.0 Å². The Balaban J connectivity index is 1.38. The van der Waals surface area contributed by atoms with Crippen LogP contribution in [0.15, 0.2) is 25.4 Å². The zero-order chi connectivity index (χ0) is 21.8. The summed E-state index contributed by atoms with van der Waals surface area (Å²) in [5.74, 6) is 15.5. The van der Waals surface area contributed by atoms with E-state index in [-0.39, 0.29) is 0 Å². The minimum atomic E-state index is 1.25. The number of hydrogen-bond donors (Lipinski definition) is 0. The predicted molar refractivity (Wildman–Crippen MR) is 180 cm³/mol. The Morgan fingerprint density at radius 2 is 0.562 bits per heavy atom. The molecule has 0 aromatic rings. The molecular formula is C20H28S12. The third-order valence-electron chi connectivity index (χ3n) is 4.24. The number of hydrogen-bond acceptors (Lipinski definition) is 12. The monoisotopic (exact) mass is 652 g/mol. The molecule has 0 fully saturated rings. The molecule has 12 heteroatoms. The van der Waals surface area contributed by atoms with Gasteiger partial charge in [0, 0.05) is 46.0 Å². The van der Waals surface area contributed by atoms with Crippen LogP contribution in [-0.4, -0.2) is 69.0 Å². The van der Waals surface area contributed by atoms with Gasteiger partial charge in [0.15, 0.2) is 0 Å². The van der Waals surface area contributed by atoms with Crippen molar-refractivity contribution in [3.05, 3.63) is 25.4 Å². The largest absolute Gasteiger partial charge is 0.161 e. The fourth-order valence-corrected chi connectivity index (χ4v) is 19.4. The maximum absolute atomic E-state index is 2.14. The van der Waals surface area contributed by atoms with Crippen molar-refractivity contribution in [2.24, 2.45) is 0 Å². The van der Waals surface area contributed by atoms with Gasteiger partial charge in [-0.2, -0.15) is 47.0 Å². The van der Waals surface area contributed by atoms with Gasteiger partial charge in [-0.25, -0.2) is 0 Å². The molecule has 0 radical (unpaired) electrons. The minimum absolute atomic E-state index is 1.25. The fraction of sp³-hybridized carbons (Fsp3) is 0.700. The highest BCUT2D eigenvalue weighted by atomic mass is 32.3. The van der Waals surface area contributed by atoms with Gasteiger partial charge in [-0.05, 0) is 35.9 Å². The van der Waals surface area contributed by atoms with Crippen LogP contribution in [0.4, 0.5) is 0 Å². The summed E-state index contributed by atoms with van der Waals surface area (Å²) in [4.78, 5) is 0. The van der Waals surface area contributed by atoms with Crippen LogP contribution in [0.3, 0.4) is 0 Å². The molecule has 0 aromatic carbocycles. The smallest absolute Gasteiger partial charge is 0.0717 e. The fourth-order valence-electron chi connectivity index (χ4n) is 2.77. The standard InChI is InChI=1S/C20H28S12/c1-3-21-7-11-25-15-16(26-12-8-22-4-1)30-19(29-15)20-31-17-18(32-20)28-14-10-24-6-2-5-23-9-13-27-17/h1-14H2. The topological polar surface area (TPSA) is 0 Å². The van der Waals surface area contributed by atoms with Crippen molar-refractivity contribution in [1.29, 1.82) is 0 Å². The van der Waals surface area contributed by atoms with E-state index in [9.17, 15) is 0 Å². The lowest BCUT2D eigenvalue weighted by molar-refractivity contribution is 1.12. The van der Waals surface area contributed by atoms with Gasteiger partial charge in [-0.15, -0.1) is 47.0 Å². The lowest BCUT2D eigenvalue weighted by Gasteiger charge is -2.05. The molecule has 4 aliphatic heterocycles. The van der Waals surface area contributed by atoms with E-state index in [1.807, 2.05) is 0 Å². The molecule has 32 heavy (non-hydrogen) atoms. The molecule has 0 N–H and O–H groups in total. The highest BCUT2D eigenvalue weighted by molar-refractivity contribution is 8.45. The van der Waals surface area contributed by atoms with Crippen LogP contribution in [0.25, 0.3) is 0 Å². The molecule has 0 atom stereocenters. The van der Waals surface area contributed by atoms with Gasteiger partial charge < -0.3 is 0 Å². The van der Waals surface area contributed by atoms with Crippen molar-refractivity contribution >= 4 is 141 Å². The molecule has 0 aromatic heterocycles. The number of rotatable bonds is 0. The maximum Gasteiger partial charge on any atom is 0.0717 e. The van der Waals surface area contributed by atoms with Gasteiger partial charge in [0.2, 0.25) is 0 Å². The van der Waals surface area contributed by atoms with E-state index >= 15 is 0 Å². The van der Waals surface area contributed by atoms with E-state index in [0.29, 0.717) is 0 Å². The molecule has 4 heterocycles. The lowest BCUT2D eigenvalue weighted by atomic mass is 10.6. The molecule has 0 unspecified atom stereocenters. The molecule has 0 spiro atoms. The van der Waals surface area contributed by atoms with Crippen LogP contribution in [0, 0.1) is 0 Å².